The summed E-state index contributed by atoms with van der Waals surface area (Å²) in [6.45, 7) is 3.36. The molecular weight excluding hydrogens is 248 g/mol. The van der Waals surface area contributed by atoms with E-state index in [9.17, 15) is 0 Å². The average Bonchev–Trinajstić information content (AvgIpc) is 2.42. The molecule has 1 saturated heterocycles. The summed E-state index contributed by atoms with van der Waals surface area (Å²) in [6.07, 6.45) is 1.15. The van der Waals surface area contributed by atoms with Crippen LogP contribution in [0.4, 0.5) is 0 Å². The van der Waals surface area contributed by atoms with Gasteiger partial charge in [-0.05, 0) is 34.5 Å². The van der Waals surface area contributed by atoms with Gasteiger partial charge in [-0.3, -0.25) is 0 Å². The lowest BCUT2D eigenvalue weighted by Crippen LogP contribution is -2.55. The molecule has 4 heteroatoms. The highest BCUT2D eigenvalue weighted by Crippen LogP contribution is 2.22. The van der Waals surface area contributed by atoms with Crippen molar-refractivity contribution in [2.45, 2.75) is 12.5 Å². The zero-order valence-corrected chi connectivity index (χ0v) is 9.75. The molecule has 2 rings (SSSR count). The van der Waals surface area contributed by atoms with Gasteiger partial charge >= 0.3 is 0 Å². The van der Waals surface area contributed by atoms with E-state index in [-0.39, 0.29) is 0 Å². The van der Waals surface area contributed by atoms with Gasteiger partial charge in [0.05, 0.1) is 3.79 Å². The quantitative estimate of drug-likeness (QED) is 0.860. The summed E-state index contributed by atoms with van der Waals surface area (Å²) in [4.78, 5) is 1.45. The SMILES string of the molecule is Brc1ccc(CCNC2CNC2)s1. The first-order valence-electron chi connectivity index (χ1n) is 4.53. The van der Waals surface area contributed by atoms with Crippen molar-refractivity contribution in [1.29, 1.82) is 0 Å². The maximum absolute atomic E-state index is 3.51. The Bertz CT molecular complexity index is 270. The lowest BCUT2D eigenvalue weighted by atomic mass is 10.2. The molecule has 1 aromatic rings. The first-order chi connectivity index (χ1) is 6.34. The van der Waals surface area contributed by atoms with E-state index in [4.69, 9.17) is 0 Å². The van der Waals surface area contributed by atoms with Crippen LogP contribution in [0.15, 0.2) is 15.9 Å². The van der Waals surface area contributed by atoms with E-state index in [1.165, 1.54) is 8.66 Å². The number of nitrogens with one attached hydrogen (secondary N) is 2. The van der Waals surface area contributed by atoms with E-state index >= 15 is 0 Å². The third kappa shape index (κ3) is 2.77. The van der Waals surface area contributed by atoms with Crippen molar-refractivity contribution in [2.24, 2.45) is 0 Å². The van der Waals surface area contributed by atoms with E-state index in [1.807, 2.05) is 11.3 Å². The fourth-order valence-corrected chi connectivity index (χ4v) is 2.80. The highest BCUT2D eigenvalue weighted by atomic mass is 79.9. The highest BCUT2D eigenvalue weighted by Gasteiger charge is 2.14. The summed E-state index contributed by atoms with van der Waals surface area (Å²) in [7, 11) is 0. The van der Waals surface area contributed by atoms with E-state index in [1.54, 1.807) is 0 Å². The monoisotopic (exact) mass is 260 g/mol. The molecule has 13 heavy (non-hydrogen) atoms. The normalized spacial score (nSPS) is 17.3. The Morgan fingerprint density at radius 3 is 2.92 bits per heavy atom. The van der Waals surface area contributed by atoms with Crippen molar-refractivity contribution in [1.82, 2.24) is 10.6 Å². The summed E-state index contributed by atoms with van der Waals surface area (Å²) < 4.78 is 1.23. The maximum atomic E-state index is 3.51. The molecule has 0 saturated carbocycles. The van der Waals surface area contributed by atoms with Crippen molar-refractivity contribution in [2.75, 3.05) is 19.6 Å². The van der Waals surface area contributed by atoms with Crippen molar-refractivity contribution >= 4 is 27.3 Å². The predicted octanol–water partition coefficient (Wildman–Crippen LogP) is 1.61. The number of thiophene rings is 1. The van der Waals surface area contributed by atoms with Crippen LogP contribution in [0.1, 0.15) is 4.88 Å². The molecule has 1 fully saturated rings. The van der Waals surface area contributed by atoms with Gasteiger partial charge in [-0.25, -0.2) is 0 Å². The van der Waals surface area contributed by atoms with E-state index in [0.717, 1.165) is 26.1 Å². The minimum atomic E-state index is 0.711. The molecule has 1 aliphatic heterocycles. The first kappa shape index (κ1) is 9.65. The number of hydrogen-bond acceptors (Lipinski definition) is 3. The van der Waals surface area contributed by atoms with Crippen LogP contribution in [0.3, 0.4) is 0 Å². The molecule has 1 aromatic heterocycles. The summed E-state index contributed by atoms with van der Waals surface area (Å²) in [5, 5.41) is 6.75. The molecule has 72 valence electrons. The molecule has 2 heterocycles. The van der Waals surface area contributed by atoms with Crippen molar-refractivity contribution < 1.29 is 0 Å². The van der Waals surface area contributed by atoms with Crippen LogP contribution in [0.25, 0.3) is 0 Å². The van der Waals surface area contributed by atoms with Gasteiger partial charge in [0.25, 0.3) is 0 Å². The summed E-state index contributed by atoms with van der Waals surface area (Å²) in [6, 6.07) is 5.02. The van der Waals surface area contributed by atoms with Gasteiger partial charge in [0.1, 0.15) is 0 Å². The Balaban J connectivity index is 1.67. The van der Waals surface area contributed by atoms with Crippen LogP contribution in [0.2, 0.25) is 0 Å². The zero-order valence-electron chi connectivity index (χ0n) is 7.35. The Labute approximate surface area is 90.9 Å². The number of halogens is 1. The van der Waals surface area contributed by atoms with Crippen LogP contribution >= 0.6 is 27.3 Å². The van der Waals surface area contributed by atoms with Crippen molar-refractivity contribution in [3.05, 3.63) is 20.8 Å². The lowest BCUT2D eigenvalue weighted by Gasteiger charge is -2.28. The molecule has 1 aliphatic rings. The second kappa shape index (κ2) is 4.55. The molecule has 0 aromatic carbocycles. The van der Waals surface area contributed by atoms with Gasteiger partial charge in [0.2, 0.25) is 0 Å². The largest absolute Gasteiger partial charge is 0.314 e. The molecule has 0 amide bonds. The molecule has 0 radical (unpaired) electrons. The van der Waals surface area contributed by atoms with Crippen LogP contribution in [-0.4, -0.2) is 25.7 Å². The molecule has 0 bridgehead atoms. The molecule has 0 aliphatic carbocycles. The molecule has 0 spiro atoms. The summed E-state index contributed by atoms with van der Waals surface area (Å²) in [5.74, 6) is 0. The molecule has 2 nitrogen and oxygen atoms in total. The number of hydrogen-bond donors (Lipinski definition) is 2. The van der Waals surface area contributed by atoms with Gasteiger partial charge in [0.15, 0.2) is 0 Å². The summed E-state index contributed by atoms with van der Waals surface area (Å²) >= 11 is 5.29. The Morgan fingerprint density at radius 2 is 2.38 bits per heavy atom. The fourth-order valence-electron chi connectivity index (χ4n) is 1.32. The van der Waals surface area contributed by atoms with Crippen LogP contribution < -0.4 is 10.6 Å². The molecule has 0 unspecified atom stereocenters. The molecular formula is C9H13BrN2S. The topological polar surface area (TPSA) is 24.1 Å². The second-order valence-corrected chi connectivity index (χ2v) is 5.81. The standard InChI is InChI=1S/C9H13BrN2S/c10-9-2-1-8(13-9)3-4-12-7-5-11-6-7/h1-2,7,11-12H,3-6H2. The second-order valence-electron chi connectivity index (χ2n) is 3.27. The Hall–Kier alpha value is 0.1000. The number of rotatable bonds is 4. The van der Waals surface area contributed by atoms with Crippen molar-refractivity contribution in [3.8, 4) is 0 Å². The summed E-state index contributed by atoms with van der Waals surface area (Å²) in [5.41, 5.74) is 0. The minimum Gasteiger partial charge on any atom is -0.314 e. The van der Waals surface area contributed by atoms with Crippen LogP contribution in [-0.2, 0) is 6.42 Å². The predicted molar refractivity (Wildman–Crippen MR) is 60.4 cm³/mol. The Morgan fingerprint density at radius 1 is 1.54 bits per heavy atom. The molecule has 2 N–H and O–H groups in total. The fraction of sp³-hybridized carbons (Fsp3) is 0.556. The zero-order chi connectivity index (χ0) is 9.10. The van der Waals surface area contributed by atoms with Crippen LogP contribution in [0, 0.1) is 0 Å². The third-order valence-electron chi connectivity index (χ3n) is 2.21. The van der Waals surface area contributed by atoms with Gasteiger partial charge in [-0.1, -0.05) is 0 Å². The minimum absolute atomic E-state index is 0.711. The van der Waals surface area contributed by atoms with Crippen LogP contribution in [0.5, 0.6) is 0 Å². The Kier molecular flexibility index (Phi) is 3.38. The smallest absolute Gasteiger partial charge is 0.0701 e. The van der Waals surface area contributed by atoms with Gasteiger partial charge < -0.3 is 10.6 Å². The highest BCUT2D eigenvalue weighted by molar-refractivity contribution is 9.11. The van der Waals surface area contributed by atoms with Gasteiger partial charge in [0, 0.05) is 30.6 Å². The van der Waals surface area contributed by atoms with E-state index in [2.05, 4.69) is 38.7 Å². The van der Waals surface area contributed by atoms with Gasteiger partial charge in [-0.15, -0.1) is 11.3 Å². The first-order valence-corrected chi connectivity index (χ1v) is 6.14. The van der Waals surface area contributed by atoms with Crippen molar-refractivity contribution in [3.63, 3.8) is 0 Å². The average molecular weight is 261 g/mol. The van der Waals surface area contributed by atoms with Gasteiger partial charge in [-0.2, -0.15) is 0 Å². The van der Waals surface area contributed by atoms with E-state index in [0.29, 0.717) is 6.04 Å². The van der Waals surface area contributed by atoms with E-state index < -0.39 is 0 Å². The molecule has 0 atom stereocenters. The maximum Gasteiger partial charge on any atom is 0.0701 e. The lowest BCUT2D eigenvalue weighted by molar-refractivity contribution is 0.369. The third-order valence-corrected chi connectivity index (χ3v) is 3.90.